The molecule has 1 aromatic carbocycles. The van der Waals surface area contributed by atoms with E-state index in [1.165, 1.54) is 11.8 Å². The first-order chi connectivity index (χ1) is 22.4. The molecule has 5 heterocycles. The smallest absolute Gasteiger partial charge is 0.407 e. The van der Waals surface area contributed by atoms with Crippen LogP contribution in [0.1, 0.15) is 51.9 Å². The van der Waals surface area contributed by atoms with Crippen LogP contribution in [0.4, 0.5) is 10.6 Å². The summed E-state index contributed by atoms with van der Waals surface area (Å²) in [5.41, 5.74) is 2.85. The van der Waals surface area contributed by atoms with E-state index in [1.807, 2.05) is 81.7 Å². The normalized spacial score (nSPS) is 19.4. The van der Waals surface area contributed by atoms with E-state index in [4.69, 9.17) is 40.8 Å². The lowest BCUT2D eigenvalue weighted by atomic mass is 9.73. The molecule has 11 nitrogen and oxygen atoms in total. The van der Waals surface area contributed by atoms with Crippen molar-refractivity contribution in [1.29, 1.82) is 0 Å². The number of pyridine rings is 1. The molecule has 2 fully saturated rings. The molecule has 2 atom stereocenters. The predicted octanol–water partition coefficient (Wildman–Crippen LogP) is 6.30. The fraction of sp³-hybridized carbons (Fsp3) is 0.471. The van der Waals surface area contributed by atoms with Crippen molar-refractivity contribution in [3.63, 3.8) is 0 Å². The molecule has 0 unspecified atom stereocenters. The molecule has 0 radical (unpaired) electrons. The lowest BCUT2D eigenvalue weighted by molar-refractivity contribution is 0.0434. The standard InChI is InChI=1S/C34H41ClN6O5S/c1-20-31(47-26-11-14-41-17-24(37-30(41)27(26)35)22-7-9-23(44-6)10-8-22)38-25(18-42)29(36-20)40-15-12-34(13-16-40)19-45-21(2)28(34)39-32(43)46-33(3,4)5/h7-11,14,17,21,28,42H,12-13,15-16,18-19H2,1-6H3,(H,39,43)/t21-,28+/m0/s1. The van der Waals surface area contributed by atoms with E-state index in [1.54, 1.807) is 7.11 Å². The Morgan fingerprint density at radius 1 is 1.17 bits per heavy atom. The number of alkyl carbamates (subject to hydrolysis) is 1. The number of hydrogen-bond acceptors (Lipinski definition) is 10. The van der Waals surface area contributed by atoms with Gasteiger partial charge >= 0.3 is 6.09 Å². The summed E-state index contributed by atoms with van der Waals surface area (Å²) in [6, 6.07) is 9.50. The molecule has 13 heteroatoms. The Kier molecular flexibility index (Phi) is 9.32. The third-order valence-electron chi connectivity index (χ3n) is 8.85. The molecule has 250 valence electrons. The van der Waals surface area contributed by atoms with Crippen molar-refractivity contribution < 1.29 is 24.1 Å². The maximum Gasteiger partial charge on any atom is 0.407 e. The summed E-state index contributed by atoms with van der Waals surface area (Å²) in [6.07, 6.45) is 4.90. The second-order valence-corrected chi connectivity index (χ2v) is 14.6. The van der Waals surface area contributed by atoms with Gasteiger partial charge in [-0.15, -0.1) is 0 Å². The van der Waals surface area contributed by atoms with E-state index >= 15 is 0 Å². The Balaban J connectivity index is 1.18. The van der Waals surface area contributed by atoms with E-state index in [-0.39, 0.29) is 24.2 Å². The van der Waals surface area contributed by atoms with Gasteiger partial charge in [0, 0.05) is 41.4 Å². The SMILES string of the molecule is COc1ccc(-c2cn3ccc(Sc4nc(CO)c(N5CCC6(CC5)CO[C@@H](C)[C@H]6NC(=O)OC(C)(C)C)nc4C)c(Cl)c3n2)cc1. The van der Waals surface area contributed by atoms with Crippen LogP contribution in [0.15, 0.2) is 52.6 Å². The second-order valence-electron chi connectivity index (χ2n) is 13.2. The average molecular weight is 681 g/mol. The van der Waals surface area contributed by atoms with Crippen molar-refractivity contribution in [3.8, 4) is 17.0 Å². The monoisotopic (exact) mass is 680 g/mol. The number of halogens is 1. The van der Waals surface area contributed by atoms with Crippen LogP contribution in [0.2, 0.25) is 5.02 Å². The van der Waals surface area contributed by atoms with E-state index < -0.39 is 11.7 Å². The van der Waals surface area contributed by atoms with Crippen LogP contribution in [-0.4, -0.2) is 75.1 Å². The van der Waals surface area contributed by atoms with Gasteiger partial charge in [0.25, 0.3) is 0 Å². The predicted molar refractivity (Wildman–Crippen MR) is 181 cm³/mol. The number of piperidine rings is 1. The maximum absolute atomic E-state index is 12.7. The summed E-state index contributed by atoms with van der Waals surface area (Å²) in [7, 11) is 1.64. The first kappa shape index (κ1) is 33.3. The van der Waals surface area contributed by atoms with Gasteiger partial charge < -0.3 is 33.9 Å². The molecule has 6 rings (SSSR count). The molecule has 1 amide bonds. The molecule has 3 aromatic heterocycles. The number of anilines is 1. The third kappa shape index (κ3) is 6.87. The largest absolute Gasteiger partial charge is 0.497 e. The molecule has 2 aliphatic heterocycles. The first-order valence-corrected chi connectivity index (χ1v) is 16.9. The van der Waals surface area contributed by atoms with Crippen molar-refractivity contribution in [2.24, 2.45) is 5.41 Å². The quantitative estimate of drug-likeness (QED) is 0.230. The number of ether oxygens (including phenoxy) is 3. The van der Waals surface area contributed by atoms with Gasteiger partial charge in [-0.3, -0.25) is 0 Å². The Bertz CT molecular complexity index is 1770. The molecule has 4 aromatic rings. The Morgan fingerprint density at radius 3 is 2.55 bits per heavy atom. The van der Waals surface area contributed by atoms with Crippen molar-refractivity contribution in [2.75, 3.05) is 31.7 Å². The fourth-order valence-electron chi connectivity index (χ4n) is 6.37. The number of methoxy groups -OCH3 is 1. The van der Waals surface area contributed by atoms with E-state index in [0.717, 1.165) is 40.4 Å². The summed E-state index contributed by atoms with van der Waals surface area (Å²) >= 11 is 8.29. The minimum atomic E-state index is -0.580. The van der Waals surface area contributed by atoms with Crippen LogP contribution in [0, 0.1) is 12.3 Å². The number of aryl methyl sites for hydroxylation is 1. The number of aliphatic hydroxyl groups excluding tert-OH is 1. The van der Waals surface area contributed by atoms with Crippen LogP contribution >= 0.6 is 23.4 Å². The van der Waals surface area contributed by atoms with Crippen LogP contribution in [0.5, 0.6) is 5.75 Å². The van der Waals surface area contributed by atoms with Gasteiger partial charge in [-0.05, 0) is 77.8 Å². The van der Waals surface area contributed by atoms with E-state index in [0.29, 0.717) is 46.9 Å². The number of imidazole rings is 1. The van der Waals surface area contributed by atoms with Gasteiger partial charge in [-0.1, -0.05) is 23.4 Å². The van der Waals surface area contributed by atoms with Crippen molar-refractivity contribution in [3.05, 3.63) is 59.1 Å². The highest BCUT2D eigenvalue weighted by Crippen LogP contribution is 2.44. The molecule has 0 saturated carbocycles. The van der Waals surface area contributed by atoms with Crippen LogP contribution < -0.4 is 15.0 Å². The molecule has 2 aliphatic rings. The number of rotatable bonds is 7. The first-order valence-electron chi connectivity index (χ1n) is 15.7. The zero-order valence-electron chi connectivity index (χ0n) is 27.5. The van der Waals surface area contributed by atoms with E-state index in [9.17, 15) is 9.90 Å². The summed E-state index contributed by atoms with van der Waals surface area (Å²) in [5, 5.41) is 14.6. The zero-order valence-corrected chi connectivity index (χ0v) is 29.1. The Labute approximate surface area is 284 Å². The minimum absolute atomic E-state index is 0.123. The number of aromatic nitrogens is 4. The van der Waals surface area contributed by atoms with Crippen molar-refractivity contribution in [2.45, 2.75) is 81.7 Å². The number of carbonyl (C=O) groups excluding carboxylic acids is 1. The Morgan fingerprint density at radius 2 is 1.89 bits per heavy atom. The lowest BCUT2D eigenvalue weighted by Gasteiger charge is -2.43. The molecular weight excluding hydrogens is 640 g/mol. The summed E-state index contributed by atoms with van der Waals surface area (Å²) in [5.74, 6) is 1.45. The number of carbonyl (C=O) groups is 1. The summed E-state index contributed by atoms with van der Waals surface area (Å²) in [4.78, 5) is 30.2. The molecule has 2 saturated heterocycles. The van der Waals surface area contributed by atoms with Gasteiger partial charge in [0.1, 0.15) is 22.1 Å². The number of nitrogens with one attached hydrogen (secondary N) is 1. The number of amides is 1. The van der Waals surface area contributed by atoms with Gasteiger partial charge in [0.05, 0.1) is 48.9 Å². The summed E-state index contributed by atoms with van der Waals surface area (Å²) in [6.45, 7) is 11.2. The van der Waals surface area contributed by atoms with Gasteiger partial charge in [-0.25, -0.2) is 19.7 Å². The molecule has 0 bridgehead atoms. The molecule has 2 N–H and O–H groups in total. The number of benzene rings is 1. The molecular formula is C34H41ClN6O5S. The highest BCUT2D eigenvalue weighted by molar-refractivity contribution is 7.99. The Hall–Kier alpha value is -3.58. The van der Waals surface area contributed by atoms with Crippen LogP contribution in [0.25, 0.3) is 16.9 Å². The highest BCUT2D eigenvalue weighted by Gasteiger charge is 2.50. The fourth-order valence-corrected chi connectivity index (χ4v) is 7.56. The number of aliphatic hydroxyl groups is 1. The number of nitrogens with zero attached hydrogens (tertiary/aromatic N) is 5. The second kappa shape index (κ2) is 13.1. The van der Waals surface area contributed by atoms with Crippen LogP contribution in [-0.2, 0) is 16.1 Å². The third-order valence-corrected chi connectivity index (χ3v) is 10.5. The van der Waals surface area contributed by atoms with Crippen molar-refractivity contribution >= 4 is 40.9 Å². The molecule has 47 heavy (non-hydrogen) atoms. The lowest BCUT2D eigenvalue weighted by Crippen LogP contribution is -2.55. The van der Waals surface area contributed by atoms with E-state index in [2.05, 4.69) is 10.2 Å². The highest BCUT2D eigenvalue weighted by atomic mass is 35.5. The summed E-state index contributed by atoms with van der Waals surface area (Å²) < 4.78 is 18.8. The van der Waals surface area contributed by atoms with Crippen molar-refractivity contribution in [1.82, 2.24) is 24.7 Å². The molecule has 0 aliphatic carbocycles. The number of hydrogen-bond donors (Lipinski definition) is 2. The zero-order chi connectivity index (χ0) is 33.5. The van der Waals surface area contributed by atoms with Gasteiger partial charge in [0.15, 0.2) is 11.5 Å². The minimum Gasteiger partial charge on any atom is -0.497 e. The average Bonchev–Trinajstić information content (AvgIpc) is 3.61. The van der Waals surface area contributed by atoms with Gasteiger partial charge in [-0.2, -0.15) is 0 Å². The number of fused-ring (bicyclic) bond motifs is 1. The maximum atomic E-state index is 12.7. The van der Waals surface area contributed by atoms with Gasteiger partial charge in [0.2, 0.25) is 0 Å². The topological polar surface area (TPSA) is 123 Å². The molecule has 1 spiro atoms. The van der Waals surface area contributed by atoms with Crippen LogP contribution in [0.3, 0.4) is 0 Å².